The summed E-state index contributed by atoms with van der Waals surface area (Å²) in [6.07, 6.45) is 0. The molecule has 0 aromatic carbocycles. The molecule has 0 N–H and O–H groups in total. The van der Waals surface area contributed by atoms with Gasteiger partial charge in [0.05, 0.1) is 0 Å². The average Bonchev–Trinajstić information content (AvgIpc) is 2.37. The Morgan fingerprint density at radius 3 is 1.17 bits per heavy atom. The first kappa shape index (κ1) is 14.5. The second-order valence-corrected chi connectivity index (χ2v) is 3.18. The molecule has 1 saturated heterocycles. The maximum atomic E-state index is 2.40. The molecule has 1 aliphatic rings. The lowest BCUT2D eigenvalue weighted by molar-refractivity contribution is 0.398. The van der Waals surface area contributed by atoms with E-state index >= 15 is 0 Å². The van der Waals surface area contributed by atoms with Gasteiger partial charge in [-0.05, 0) is 18.9 Å². The van der Waals surface area contributed by atoms with Crippen molar-refractivity contribution in [3.8, 4) is 0 Å². The Kier molecular flexibility index (Phi) is 10.9. The highest BCUT2D eigenvalue weighted by Gasteiger charge is 2.22. The molecule has 0 saturated carbocycles. The van der Waals surface area contributed by atoms with Crippen molar-refractivity contribution >= 4 is 0 Å². The molecule has 1 aliphatic heterocycles. The summed E-state index contributed by atoms with van der Waals surface area (Å²) in [5.41, 5.74) is 0. The average molecular weight is 173 g/mol. The van der Waals surface area contributed by atoms with Gasteiger partial charge >= 0.3 is 0 Å². The summed E-state index contributed by atoms with van der Waals surface area (Å²) in [5, 5.41) is 0. The third-order valence-corrected chi connectivity index (χ3v) is 2.17. The van der Waals surface area contributed by atoms with Crippen LogP contribution in [-0.4, -0.2) is 25.0 Å². The van der Waals surface area contributed by atoms with E-state index in [0.717, 1.165) is 11.8 Å². The molecule has 0 amide bonds. The topological polar surface area (TPSA) is 3.24 Å². The van der Waals surface area contributed by atoms with Crippen LogP contribution in [0.5, 0.6) is 0 Å². The molecule has 2 unspecified atom stereocenters. The Bertz CT molecular complexity index is 71.1. The smallest absolute Gasteiger partial charge is 0.000711 e. The SMILES string of the molecule is CC.CC.CC1CN(C)CC1C. The summed E-state index contributed by atoms with van der Waals surface area (Å²) in [5.74, 6) is 1.83. The molecule has 76 valence electrons. The Labute approximate surface area is 79.2 Å². The zero-order valence-electron chi connectivity index (χ0n) is 10.0. The van der Waals surface area contributed by atoms with Crippen molar-refractivity contribution in [3.05, 3.63) is 0 Å². The minimum Gasteiger partial charge on any atom is -0.306 e. The summed E-state index contributed by atoms with van der Waals surface area (Å²) in [4.78, 5) is 2.40. The highest BCUT2D eigenvalue weighted by molar-refractivity contribution is 4.75. The van der Waals surface area contributed by atoms with Gasteiger partial charge in [0.15, 0.2) is 0 Å². The molecule has 1 heteroatoms. The van der Waals surface area contributed by atoms with Crippen LogP contribution in [0.2, 0.25) is 0 Å². The van der Waals surface area contributed by atoms with Crippen molar-refractivity contribution in [2.45, 2.75) is 41.5 Å². The first-order valence-electron chi connectivity index (χ1n) is 5.38. The van der Waals surface area contributed by atoms with E-state index in [9.17, 15) is 0 Å². The predicted molar refractivity (Wildman–Crippen MR) is 58.5 cm³/mol. The number of rotatable bonds is 0. The highest BCUT2D eigenvalue weighted by Crippen LogP contribution is 2.19. The van der Waals surface area contributed by atoms with Crippen molar-refractivity contribution in [1.29, 1.82) is 0 Å². The van der Waals surface area contributed by atoms with Gasteiger partial charge in [0.2, 0.25) is 0 Å². The monoisotopic (exact) mass is 173 g/mol. The first-order chi connectivity index (χ1) is 5.70. The van der Waals surface area contributed by atoms with Crippen LogP contribution in [0.1, 0.15) is 41.5 Å². The van der Waals surface area contributed by atoms with Crippen LogP contribution in [0.4, 0.5) is 0 Å². The lowest BCUT2D eigenvalue weighted by atomic mass is 10.0. The second-order valence-electron chi connectivity index (χ2n) is 3.18. The second kappa shape index (κ2) is 9.05. The van der Waals surface area contributed by atoms with Gasteiger partial charge in [-0.3, -0.25) is 0 Å². The molecule has 0 spiro atoms. The van der Waals surface area contributed by atoms with E-state index in [1.807, 2.05) is 27.7 Å². The fraction of sp³-hybridized carbons (Fsp3) is 1.00. The van der Waals surface area contributed by atoms with E-state index in [2.05, 4.69) is 25.8 Å². The van der Waals surface area contributed by atoms with Gasteiger partial charge in [0, 0.05) is 13.1 Å². The summed E-state index contributed by atoms with van der Waals surface area (Å²) < 4.78 is 0. The molecule has 1 heterocycles. The van der Waals surface area contributed by atoms with Crippen LogP contribution < -0.4 is 0 Å². The standard InChI is InChI=1S/C7H15N.2C2H6/c1-6-4-8(3)5-7(6)2;2*1-2/h6-7H,4-5H2,1-3H3;2*1-2H3. The molecule has 2 atom stereocenters. The summed E-state index contributed by atoms with van der Waals surface area (Å²) in [6.45, 7) is 15.2. The fourth-order valence-corrected chi connectivity index (χ4v) is 1.42. The quantitative estimate of drug-likeness (QED) is 0.543. The molecular weight excluding hydrogens is 146 g/mol. The first-order valence-corrected chi connectivity index (χ1v) is 5.38. The number of hydrogen-bond acceptors (Lipinski definition) is 1. The van der Waals surface area contributed by atoms with Crippen LogP contribution in [0.25, 0.3) is 0 Å². The van der Waals surface area contributed by atoms with E-state index in [1.54, 1.807) is 0 Å². The third-order valence-electron chi connectivity index (χ3n) is 2.17. The summed E-state index contributed by atoms with van der Waals surface area (Å²) in [7, 11) is 2.19. The molecule has 1 fully saturated rings. The Morgan fingerprint density at radius 2 is 1.08 bits per heavy atom. The minimum absolute atomic E-state index is 0.917. The van der Waals surface area contributed by atoms with Crippen LogP contribution in [0.3, 0.4) is 0 Å². The van der Waals surface area contributed by atoms with Crippen molar-refractivity contribution < 1.29 is 0 Å². The van der Waals surface area contributed by atoms with Crippen molar-refractivity contribution in [1.82, 2.24) is 4.90 Å². The zero-order valence-corrected chi connectivity index (χ0v) is 10.0. The molecule has 12 heavy (non-hydrogen) atoms. The molecule has 0 aliphatic carbocycles. The maximum absolute atomic E-state index is 2.40. The number of hydrogen-bond donors (Lipinski definition) is 0. The van der Waals surface area contributed by atoms with Crippen LogP contribution >= 0.6 is 0 Å². The molecule has 0 bridgehead atoms. The normalized spacial score (nSPS) is 28.2. The van der Waals surface area contributed by atoms with Gasteiger partial charge in [-0.1, -0.05) is 41.5 Å². The van der Waals surface area contributed by atoms with Crippen LogP contribution in [-0.2, 0) is 0 Å². The van der Waals surface area contributed by atoms with E-state index in [4.69, 9.17) is 0 Å². The van der Waals surface area contributed by atoms with Crippen molar-refractivity contribution in [2.24, 2.45) is 11.8 Å². The molecule has 1 rings (SSSR count). The van der Waals surface area contributed by atoms with Crippen LogP contribution in [0, 0.1) is 11.8 Å². The lowest BCUT2D eigenvalue weighted by Gasteiger charge is -2.03. The largest absolute Gasteiger partial charge is 0.306 e. The van der Waals surface area contributed by atoms with Gasteiger partial charge in [-0.25, -0.2) is 0 Å². The number of likely N-dealkylation sites (tertiary alicyclic amines) is 1. The van der Waals surface area contributed by atoms with E-state index in [-0.39, 0.29) is 0 Å². The molecule has 0 aromatic heterocycles. The van der Waals surface area contributed by atoms with Crippen molar-refractivity contribution in [3.63, 3.8) is 0 Å². The molecular formula is C11H27N. The predicted octanol–water partition coefficient (Wildman–Crippen LogP) is 3.26. The lowest BCUT2D eigenvalue weighted by Crippen LogP contribution is -2.13. The van der Waals surface area contributed by atoms with E-state index < -0.39 is 0 Å². The Balaban J connectivity index is 0. The minimum atomic E-state index is 0.917. The third kappa shape index (κ3) is 5.59. The fourth-order valence-electron chi connectivity index (χ4n) is 1.42. The summed E-state index contributed by atoms with van der Waals surface area (Å²) >= 11 is 0. The molecule has 0 radical (unpaired) electrons. The molecule has 0 aromatic rings. The van der Waals surface area contributed by atoms with Gasteiger partial charge < -0.3 is 4.90 Å². The van der Waals surface area contributed by atoms with Crippen molar-refractivity contribution in [2.75, 3.05) is 20.1 Å². The van der Waals surface area contributed by atoms with Gasteiger partial charge in [-0.2, -0.15) is 0 Å². The summed E-state index contributed by atoms with van der Waals surface area (Å²) in [6, 6.07) is 0. The Hall–Kier alpha value is -0.0400. The van der Waals surface area contributed by atoms with Crippen LogP contribution in [0.15, 0.2) is 0 Å². The van der Waals surface area contributed by atoms with Gasteiger partial charge in [0.1, 0.15) is 0 Å². The van der Waals surface area contributed by atoms with E-state index in [0.29, 0.717) is 0 Å². The highest BCUT2D eigenvalue weighted by atomic mass is 15.1. The van der Waals surface area contributed by atoms with E-state index in [1.165, 1.54) is 13.1 Å². The Morgan fingerprint density at radius 1 is 0.833 bits per heavy atom. The van der Waals surface area contributed by atoms with Gasteiger partial charge in [0.25, 0.3) is 0 Å². The molecule has 1 nitrogen and oxygen atoms in total. The van der Waals surface area contributed by atoms with Gasteiger partial charge in [-0.15, -0.1) is 0 Å². The number of nitrogens with zero attached hydrogens (tertiary/aromatic N) is 1. The zero-order chi connectivity index (χ0) is 10.1. The maximum Gasteiger partial charge on any atom is 0.000711 e.